The number of hydrogen-bond donors (Lipinski definition) is 3. The lowest BCUT2D eigenvalue weighted by Gasteiger charge is -2.18. The van der Waals surface area contributed by atoms with E-state index in [-0.39, 0.29) is 18.6 Å². The van der Waals surface area contributed by atoms with Crippen molar-refractivity contribution in [1.29, 1.82) is 0 Å². The van der Waals surface area contributed by atoms with Gasteiger partial charge >= 0.3 is 5.97 Å². The summed E-state index contributed by atoms with van der Waals surface area (Å²) in [6, 6.07) is -1.09. The second-order valence-corrected chi connectivity index (χ2v) is 9.70. The van der Waals surface area contributed by atoms with E-state index in [4.69, 9.17) is 5.73 Å². The molecule has 0 saturated carbocycles. The molecule has 2 unspecified atom stereocenters. The molecule has 0 spiro atoms. The molecule has 0 heterocycles. The van der Waals surface area contributed by atoms with Gasteiger partial charge in [0.15, 0.2) is 5.78 Å². The van der Waals surface area contributed by atoms with Crippen molar-refractivity contribution in [3.63, 3.8) is 0 Å². The number of primary amides is 1. The first-order valence-corrected chi connectivity index (χ1v) is 12.4. The number of ketones is 1. The SMILES string of the molecule is CC(=O)NC(CC(N)=O)C(=O)CC(CSC/C=C(\C)CC/C=C(\C)CCC=C(C)C)C(=O)O. The van der Waals surface area contributed by atoms with E-state index in [1.54, 1.807) is 0 Å². The number of aliphatic carboxylic acids is 1. The second-order valence-electron chi connectivity index (χ2n) is 8.63. The number of rotatable bonds is 17. The van der Waals surface area contributed by atoms with E-state index in [1.807, 2.05) is 0 Å². The fourth-order valence-electron chi connectivity index (χ4n) is 3.04. The average molecular weight is 481 g/mol. The molecule has 4 N–H and O–H groups in total. The van der Waals surface area contributed by atoms with Crippen LogP contribution in [0.3, 0.4) is 0 Å². The maximum Gasteiger partial charge on any atom is 0.307 e. The molecule has 0 saturated heterocycles. The molecule has 33 heavy (non-hydrogen) atoms. The third kappa shape index (κ3) is 16.9. The lowest BCUT2D eigenvalue weighted by molar-refractivity contribution is -0.143. The van der Waals surface area contributed by atoms with Gasteiger partial charge < -0.3 is 16.2 Å². The fraction of sp³-hybridized carbons (Fsp3) is 0.600. The summed E-state index contributed by atoms with van der Waals surface area (Å²) >= 11 is 1.44. The van der Waals surface area contributed by atoms with E-state index in [2.05, 4.69) is 51.2 Å². The zero-order valence-electron chi connectivity index (χ0n) is 20.6. The van der Waals surface area contributed by atoms with Crippen LogP contribution in [0, 0.1) is 5.92 Å². The van der Waals surface area contributed by atoms with Crippen LogP contribution in [0.4, 0.5) is 0 Å². The van der Waals surface area contributed by atoms with Gasteiger partial charge in [-0.05, 0) is 53.4 Å². The van der Waals surface area contributed by atoms with E-state index >= 15 is 0 Å². The third-order valence-corrected chi connectivity index (χ3v) is 6.00. The van der Waals surface area contributed by atoms with Crippen molar-refractivity contribution in [2.45, 2.75) is 79.2 Å². The summed E-state index contributed by atoms with van der Waals surface area (Å²) in [7, 11) is 0. The largest absolute Gasteiger partial charge is 0.481 e. The summed E-state index contributed by atoms with van der Waals surface area (Å²) < 4.78 is 0. The Morgan fingerprint density at radius 1 is 0.909 bits per heavy atom. The first-order valence-electron chi connectivity index (χ1n) is 11.3. The minimum absolute atomic E-state index is 0.261. The van der Waals surface area contributed by atoms with Crippen molar-refractivity contribution in [3.05, 3.63) is 34.9 Å². The van der Waals surface area contributed by atoms with Crippen LogP contribution < -0.4 is 11.1 Å². The predicted molar refractivity (Wildman–Crippen MR) is 135 cm³/mol. The lowest BCUT2D eigenvalue weighted by Crippen LogP contribution is -2.43. The first kappa shape index (κ1) is 30.6. The van der Waals surface area contributed by atoms with Crippen molar-refractivity contribution in [3.8, 4) is 0 Å². The van der Waals surface area contributed by atoms with Gasteiger partial charge in [0, 0.05) is 24.9 Å². The van der Waals surface area contributed by atoms with Gasteiger partial charge in [0.2, 0.25) is 11.8 Å². The molecule has 7 nitrogen and oxygen atoms in total. The molecule has 0 fully saturated rings. The molecule has 0 radical (unpaired) electrons. The van der Waals surface area contributed by atoms with Crippen LogP contribution in [-0.4, -0.2) is 46.2 Å². The molecular weight excluding hydrogens is 440 g/mol. The molecular formula is C25H40N2O5S. The van der Waals surface area contributed by atoms with E-state index in [0.717, 1.165) is 25.7 Å². The Bertz CT molecular complexity index is 751. The van der Waals surface area contributed by atoms with Crippen LogP contribution in [-0.2, 0) is 19.2 Å². The summed E-state index contributed by atoms with van der Waals surface area (Å²) in [5, 5.41) is 11.8. The monoisotopic (exact) mass is 480 g/mol. The molecule has 0 aliphatic rings. The van der Waals surface area contributed by atoms with E-state index < -0.39 is 35.5 Å². The Kier molecular flexibility index (Phi) is 15.9. The summed E-state index contributed by atoms with van der Waals surface area (Å²) in [4.78, 5) is 46.4. The van der Waals surface area contributed by atoms with Crippen LogP contribution in [0.25, 0.3) is 0 Å². The number of nitrogens with one attached hydrogen (secondary N) is 1. The van der Waals surface area contributed by atoms with Gasteiger partial charge in [0.05, 0.1) is 18.4 Å². The quantitative estimate of drug-likeness (QED) is 0.212. The lowest BCUT2D eigenvalue weighted by atomic mass is 9.98. The third-order valence-electron chi connectivity index (χ3n) is 4.96. The molecule has 186 valence electrons. The van der Waals surface area contributed by atoms with Gasteiger partial charge in [-0.25, -0.2) is 0 Å². The Labute approximate surface area is 202 Å². The van der Waals surface area contributed by atoms with Gasteiger partial charge in [-0.15, -0.1) is 0 Å². The number of Topliss-reactive ketones (excluding diaryl/α,β-unsaturated/α-hetero) is 1. The first-order chi connectivity index (χ1) is 15.4. The molecule has 2 atom stereocenters. The Morgan fingerprint density at radius 2 is 1.48 bits per heavy atom. The molecule has 0 aromatic carbocycles. The Hall–Kier alpha value is -2.35. The van der Waals surface area contributed by atoms with Gasteiger partial charge in [0.1, 0.15) is 0 Å². The van der Waals surface area contributed by atoms with E-state index in [0.29, 0.717) is 5.75 Å². The van der Waals surface area contributed by atoms with Crippen molar-refractivity contribution in [2.24, 2.45) is 11.7 Å². The van der Waals surface area contributed by atoms with Gasteiger partial charge in [0.25, 0.3) is 0 Å². The van der Waals surface area contributed by atoms with Crippen LogP contribution >= 0.6 is 11.8 Å². The number of carbonyl (C=O) groups is 4. The highest BCUT2D eigenvalue weighted by Crippen LogP contribution is 2.17. The summed E-state index contributed by atoms with van der Waals surface area (Å²) in [5.41, 5.74) is 9.10. The van der Waals surface area contributed by atoms with Crippen LogP contribution in [0.5, 0.6) is 0 Å². The van der Waals surface area contributed by atoms with E-state index in [1.165, 1.54) is 35.4 Å². The Morgan fingerprint density at radius 3 is 2.00 bits per heavy atom. The average Bonchev–Trinajstić information content (AvgIpc) is 2.68. The smallest absolute Gasteiger partial charge is 0.307 e. The maximum atomic E-state index is 12.4. The number of allylic oxidation sites excluding steroid dienone is 5. The zero-order chi connectivity index (χ0) is 25.4. The highest BCUT2D eigenvalue weighted by molar-refractivity contribution is 7.99. The summed E-state index contributed by atoms with van der Waals surface area (Å²) in [5.74, 6) is -2.77. The highest BCUT2D eigenvalue weighted by atomic mass is 32.2. The predicted octanol–water partition coefficient (Wildman–Crippen LogP) is 4.18. The van der Waals surface area contributed by atoms with Gasteiger partial charge in [-0.3, -0.25) is 19.2 Å². The summed E-state index contributed by atoms with van der Waals surface area (Å²) in [6.45, 7) is 9.65. The number of amides is 2. The van der Waals surface area contributed by atoms with Crippen molar-refractivity contribution in [2.75, 3.05) is 11.5 Å². The number of carboxylic acids is 1. The standard InChI is InChI=1S/C25H40N2O5S/c1-17(2)8-6-9-18(3)10-7-11-19(4)12-13-33-16-21(25(31)32)14-23(29)22(15-24(26)30)27-20(5)28/h8,10,12,21-22H,6-7,9,11,13-16H2,1-5H3,(H2,26,30)(H,27,28)(H,31,32)/b18-10+,19-12+. The molecule has 0 aliphatic carbocycles. The molecule has 8 heteroatoms. The van der Waals surface area contributed by atoms with Crippen molar-refractivity contribution in [1.82, 2.24) is 5.32 Å². The summed E-state index contributed by atoms with van der Waals surface area (Å²) in [6.07, 6.45) is 10.1. The minimum Gasteiger partial charge on any atom is -0.481 e. The van der Waals surface area contributed by atoms with Crippen molar-refractivity contribution < 1.29 is 24.3 Å². The highest BCUT2D eigenvalue weighted by Gasteiger charge is 2.27. The van der Waals surface area contributed by atoms with Crippen molar-refractivity contribution >= 4 is 35.3 Å². The van der Waals surface area contributed by atoms with Gasteiger partial charge in [-0.1, -0.05) is 34.9 Å². The molecule has 0 bridgehead atoms. The minimum atomic E-state index is -1.09. The number of nitrogens with two attached hydrogens (primary N) is 1. The number of thioether (sulfide) groups is 1. The normalized spacial score (nSPS) is 13.7. The number of hydrogen-bond acceptors (Lipinski definition) is 5. The molecule has 2 amide bonds. The topological polar surface area (TPSA) is 127 Å². The van der Waals surface area contributed by atoms with Gasteiger partial charge in [-0.2, -0.15) is 11.8 Å². The molecule has 0 aliphatic heterocycles. The zero-order valence-corrected chi connectivity index (χ0v) is 21.4. The molecule has 0 aromatic heterocycles. The second kappa shape index (κ2) is 17.2. The van der Waals surface area contributed by atoms with E-state index in [9.17, 15) is 24.3 Å². The molecule has 0 aromatic rings. The van der Waals surface area contributed by atoms with Crippen LogP contribution in [0.15, 0.2) is 34.9 Å². The fourth-order valence-corrected chi connectivity index (χ4v) is 4.13. The van der Waals surface area contributed by atoms with Crippen LogP contribution in [0.1, 0.15) is 73.1 Å². The number of carbonyl (C=O) groups excluding carboxylic acids is 3. The Balaban J connectivity index is 4.56. The molecule has 0 rings (SSSR count). The maximum absolute atomic E-state index is 12.4. The van der Waals surface area contributed by atoms with Crippen LogP contribution in [0.2, 0.25) is 0 Å². The number of carboxylic acid groups (broad SMARTS) is 1.